The predicted molar refractivity (Wildman–Crippen MR) is 139 cm³/mol. The summed E-state index contributed by atoms with van der Waals surface area (Å²) in [4.78, 5) is 42.2. The summed E-state index contributed by atoms with van der Waals surface area (Å²) in [7, 11) is 0. The number of benzene rings is 3. The third-order valence-electron chi connectivity index (χ3n) is 8.14. The molecule has 0 spiro atoms. The van der Waals surface area contributed by atoms with E-state index in [1.807, 2.05) is 78.9 Å². The number of carbonyl (C=O) groups is 3. The molecule has 2 bridgehead atoms. The van der Waals surface area contributed by atoms with E-state index < -0.39 is 23.2 Å². The Morgan fingerprint density at radius 3 is 2.18 bits per heavy atom. The molecule has 3 aromatic carbocycles. The molecule has 186 valence electrons. The Bertz CT molecular complexity index is 1560. The van der Waals surface area contributed by atoms with E-state index in [0.717, 1.165) is 27.8 Å². The molecule has 4 aromatic rings. The van der Waals surface area contributed by atoms with Gasteiger partial charge in [0.1, 0.15) is 0 Å². The number of hydrogen-bond donors (Lipinski definition) is 1. The molecule has 1 aromatic heterocycles. The second-order valence-corrected chi connectivity index (χ2v) is 9.95. The first-order chi connectivity index (χ1) is 18.6. The van der Waals surface area contributed by atoms with Crippen LogP contribution in [0.4, 0.5) is 0 Å². The highest BCUT2D eigenvalue weighted by Gasteiger charge is 2.67. The summed E-state index contributed by atoms with van der Waals surface area (Å²) in [6.45, 7) is 0.216. The van der Waals surface area contributed by atoms with Gasteiger partial charge in [0.05, 0.1) is 30.1 Å². The number of imide groups is 1. The Morgan fingerprint density at radius 2 is 1.53 bits per heavy atom. The molecular weight excluding hydrogens is 478 g/mol. The first kappa shape index (κ1) is 22.4. The van der Waals surface area contributed by atoms with Crippen LogP contribution in [0.1, 0.15) is 44.3 Å². The second-order valence-electron chi connectivity index (χ2n) is 9.95. The lowest BCUT2D eigenvalue weighted by Gasteiger charge is -2.52. The molecule has 38 heavy (non-hydrogen) atoms. The summed E-state index contributed by atoms with van der Waals surface area (Å²) in [6.07, 6.45) is 3.07. The largest absolute Gasteiger partial charge is 0.459 e. The molecular formula is C31H23N3O4. The number of furan rings is 1. The number of nitrogens with zero attached hydrogens (tertiary/aromatic N) is 2. The highest BCUT2D eigenvalue weighted by molar-refractivity contribution is 6.11. The van der Waals surface area contributed by atoms with Crippen LogP contribution in [-0.4, -0.2) is 28.8 Å². The predicted octanol–water partition coefficient (Wildman–Crippen LogP) is 4.24. The van der Waals surface area contributed by atoms with E-state index in [9.17, 15) is 14.4 Å². The summed E-state index contributed by atoms with van der Waals surface area (Å²) in [5.74, 6) is -2.24. The van der Waals surface area contributed by atoms with E-state index in [-0.39, 0.29) is 30.0 Å². The van der Waals surface area contributed by atoms with Crippen LogP contribution in [0.15, 0.2) is 107 Å². The van der Waals surface area contributed by atoms with Gasteiger partial charge in [0.25, 0.3) is 0 Å². The summed E-state index contributed by atoms with van der Waals surface area (Å²) in [6, 6.07) is 28.6. The van der Waals surface area contributed by atoms with Crippen molar-refractivity contribution in [3.63, 3.8) is 0 Å². The van der Waals surface area contributed by atoms with Gasteiger partial charge in [-0.25, -0.2) is 5.43 Å². The maximum atomic E-state index is 14.2. The molecule has 1 N–H and O–H groups in total. The van der Waals surface area contributed by atoms with Crippen LogP contribution in [0.2, 0.25) is 0 Å². The first-order valence-corrected chi connectivity index (χ1v) is 12.6. The SMILES string of the molecule is O=C(N/N=C/C12c3ccccc3C(c3ccccc31)C1C(=O)N(Cc3ccccc3)C(=O)C12)c1ccco1. The van der Waals surface area contributed by atoms with Gasteiger partial charge in [0.15, 0.2) is 5.76 Å². The lowest BCUT2D eigenvalue weighted by molar-refractivity contribution is -0.140. The molecule has 1 fully saturated rings. The van der Waals surface area contributed by atoms with Crippen LogP contribution in [-0.2, 0) is 21.5 Å². The quantitative estimate of drug-likeness (QED) is 0.252. The zero-order valence-corrected chi connectivity index (χ0v) is 20.3. The molecule has 1 aliphatic heterocycles. The van der Waals surface area contributed by atoms with Crippen LogP contribution in [0.3, 0.4) is 0 Å². The molecule has 8 rings (SSSR count). The molecule has 0 saturated carbocycles. The Kier molecular flexibility index (Phi) is 4.94. The average molecular weight is 502 g/mol. The first-order valence-electron chi connectivity index (χ1n) is 12.6. The number of hydrogen-bond acceptors (Lipinski definition) is 5. The normalized spacial score (nSPS) is 24.8. The number of likely N-dealkylation sites (tertiary alicyclic amines) is 1. The second kappa shape index (κ2) is 8.38. The number of carbonyl (C=O) groups excluding carboxylic acids is 3. The van der Waals surface area contributed by atoms with Crippen molar-refractivity contribution in [3.8, 4) is 0 Å². The summed E-state index contributed by atoms with van der Waals surface area (Å²) >= 11 is 0. The Labute approximate surface area is 218 Å². The van der Waals surface area contributed by atoms with Gasteiger partial charge in [0, 0.05) is 12.1 Å². The Balaban J connectivity index is 1.39. The van der Waals surface area contributed by atoms with Crippen molar-refractivity contribution in [2.24, 2.45) is 16.9 Å². The highest BCUT2D eigenvalue weighted by Crippen LogP contribution is 2.63. The molecule has 1 saturated heterocycles. The Morgan fingerprint density at radius 1 is 0.868 bits per heavy atom. The zero-order chi connectivity index (χ0) is 25.9. The van der Waals surface area contributed by atoms with Crippen LogP contribution in [0.25, 0.3) is 0 Å². The van der Waals surface area contributed by atoms with E-state index in [2.05, 4.69) is 10.5 Å². The van der Waals surface area contributed by atoms with Crippen molar-refractivity contribution < 1.29 is 18.8 Å². The number of rotatable bonds is 5. The number of hydrazone groups is 1. The highest BCUT2D eigenvalue weighted by atomic mass is 16.3. The topological polar surface area (TPSA) is 92.0 Å². The van der Waals surface area contributed by atoms with E-state index in [1.165, 1.54) is 11.2 Å². The van der Waals surface area contributed by atoms with Crippen molar-refractivity contribution in [2.45, 2.75) is 17.9 Å². The maximum absolute atomic E-state index is 14.2. The van der Waals surface area contributed by atoms with Gasteiger partial charge < -0.3 is 4.42 Å². The minimum atomic E-state index is -1.03. The summed E-state index contributed by atoms with van der Waals surface area (Å²) < 4.78 is 5.19. The zero-order valence-electron chi connectivity index (χ0n) is 20.3. The third-order valence-corrected chi connectivity index (χ3v) is 8.14. The Hall–Kier alpha value is -4.78. The average Bonchev–Trinajstić information content (AvgIpc) is 3.58. The molecule has 7 heteroatoms. The van der Waals surface area contributed by atoms with E-state index in [0.29, 0.717) is 0 Å². The molecule has 3 amide bonds. The molecule has 2 atom stereocenters. The monoisotopic (exact) mass is 501 g/mol. The molecule has 7 nitrogen and oxygen atoms in total. The van der Waals surface area contributed by atoms with Gasteiger partial charge in [-0.2, -0.15) is 5.10 Å². The van der Waals surface area contributed by atoms with E-state index in [1.54, 1.807) is 18.3 Å². The molecule has 2 unspecified atom stereocenters. The summed E-state index contributed by atoms with van der Waals surface area (Å²) in [5, 5.41) is 4.38. The van der Waals surface area contributed by atoms with E-state index >= 15 is 0 Å². The van der Waals surface area contributed by atoms with Crippen molar-refractivity contribution >= 4 is 23.9 Å². The van der Waals surface area contributed by atoms with Gasteiger partial charge >= 0.3 is 5.91 Å². The maximum Gasteiger partial charge on any atom is 0.307 e. The van der Waals surface area contributed by atoms with Crippen molar-refractivity contribution in [1.29, 1.82) is 0 Å². The van der Waals surface area contributed by atoms with Crippen molar-refractivity contribution in [1.82, 2.24) is 10.3 Å². The fraction of sp³-hybridized carbons (Fsp3) is 0.161. The van der Waals surface area contributed by atoms with Gasteiger partial charge in [-0.05, 0) is 39.9 Å². The third kappa shape index (κ3) is 3.02. The summed E-state index contributed by atoms with van der Waals surface area (Å²) in [5.41, 5.74) is 6.31. The van der Waals surface area contributed by atoms with Crippen LogP contribution in [0, 0.1) is 11.8 Å². The van der Waals surface area contributed by atoms with Crippen LogP contribution < -0.4 is 5.43 Å². The van der Waals surface area contributed by atoms with Crippen molar-refractivity contribution in [2.75, 3.05) is 0 Å². The fourth-order valence-corrected chi connectivity index (χ4v) is 6.69. The smallest absolute Gasteiger partial charge is 0.307 e. The molecule has 2 heterocycles. The van der Waals surface area contributed by atoms with Crippen LogP contribution >= 0.6 is 0 Å². The van der Waals surface area contributed by atoms with Crippen molar-refractivity contribution in [3.05, 3.63) is 131 Å². The lowest BCUT2D eigenvalue weighted by atomic mass is 9.47. The van der Waals surface area contributed by atoms with Gasteiger partial charge in [0.2, 0.25) is 11.8 Å². The standard InChI is InChI=1S/C31H23N3O4/c35-28(24-15-8-16-38-24)33-32-18-31-22-13-6-4-11-20(22)25(21-12-5-7-14-23(21)31)26-27(31)30(37)34(29(26)36)17-19-9-2-1-3-10-19/h1-16,18,25-27H,17H2,(H,33,35)/b32-18+. The number of nitrogens with one attached hydrogen (secondary N) is 1. The van der Waals surface area contributed by atoms with Gasteiger partial charge in [-0.3, -0.25) is 19.3 Å². The van der Waals surface area contributed by atoms with E-state index in [4.69, 9.17) is 4.42 Å². The minimum absolute atomic E-state index is 0.131. The molecule has 4 aliphatic rings. The fourth-order valence-electron chi connectivity index (χ4n) is 6.69. The van der Waals surface area contributed by atoms with Crippen LogP contribution in [0.5, 0.6) is 0 Å². The molecule has 0 radical (unpaired) electrons. The number of amides is 3. The van der Waals surface area contributed by atoms with Gasteiger partial charge in [-0.15, -0.1) is 0 Å². The lowest BCUT2D eigenvalue weighted by Crippen LogP contribution is -2.54. The molecule has 3 aliphatic carbocycles. The van der Waals surface area contributed by atoms with Gasteiger partial charge in [-0.1, -0.05) is 78.9 Å². The minimum Gasteiger partial charge on any atom is -0.459 e.